The molecule has 1 saturated heterocycles. The number of hydrogen-bond donors (Lipinski definition) is 1. The van der Waals surface area contributed by atoms with Crippen LogP contribution in [0.2, 0.25) is 0 Å². The molecule has 94 valence electrons. The minimum absolute atomic E-state index is 0.616. The molecule has 3 heteroatoms. The highest BCUT2D eigenvalue weighted by atomic mass is 15.2. The van der Waals surface area contributed by atoms with Crippen LogP contribution in [0.3, 0.4) is 0 Å². The van der Waals surface area contributed by atoms with Crippen LogP contribution in [0.15, 0.2) is 24.3 Å². The Kier molecular flexibility index (Phi) is 4.02. The monoisotopic (exact) mass is 233 g/mol. The summed E-state index contributed by atoms with van der Waals surface area (Å²) in [6.45, 7) is 6.73. The fourth-order valence-corrected chi connectivity index (χ4v) is 2.31. The molecule has 0 bridgehead atoms. The smallest absolute Gasteiger partial charge is 0.0361 e. The lowest BCUT2D eigenvalue weighted by atomic mass is 10.1. The lowest BCUT2D eigenvalue weighted by Crippen LogP contribution is -2.48. The van der Waals surface area contributed by atoms with Gasteiger partial charge >= 0.3 is 0 Å². The standard InChI is InChI=1S/C14H23N3/c1-12-10-17(9-8-15-12)11-13-4-6-14(7-5-13)16(2)3/h4-7,12,15H,8-11H2,1-3H3. The van der Waals surface area contributed by atoms with Gasteiger partial charge in [-0.25, -0.2) is 0 Å². The van der Waals surface area contributed by atoms with E-state index in [1.54, 1.807) is 0 Å². The number of nitrogens with one attached hydrogen (secondary N) is 1. The fraction of sp³-hybridized carbons (Fsp3) is 0.571. The van der Waals surface area contributed by atoms with Gasteiger partial charge in [0.25, 0.3) is 0 Å². The van der Waals surface area contributed by atoms with Gasteiger partial charge in [-0.05, 0) is 24.6 Å². The van der Waals surface area contributed by atoms with Gasteiger partial charge in [-0.3, -0.25) is 4.90 Å². The van der Waals surface area contributed by atoms with Gasteiger partial charge in [0.1, 0.15) is 0 Å². The van der Waals surface area contributed by atoms with Crippen LogP contribution in [0.25, 0.3) is 0 Å². The minimum atomic E-state index is 0.616. The first-order valence-electron chi connectivity index (χ1n) is 6.37. The lowest BCUT2D eigenvalue weighted by molar-refractivity contribution is 0.199. The molecule has 1 aromatic rings. The van der Waals surface area contributed by atoms with Crippen molar-refractivity contribution in [2.75, 3.05) is 38.6 Å². The Morgan fingerprint density at radius 2 is 2.00 bits per heavy atom. The van der Waals surface area contributed by atoms with Crippen molar-refractivity contribution in [2.45, 2.75) is 19.5 Å². The van der Waals surface area contributed by atoms with E-state index in [1.807, 2.05) is 0 Å². The van der Waals surface area contributed by atoms with E-state index in [0.717, 1.165) is 26.2 Å². The average molecular weight is 233 g/mol. The molecule has 0 saturated carbocycles. The summed E-state index contributed by atoms with van der Waals surface area (Å²) in [4.78, 5) is 4.66. The van der Waals surface area contributed by atoms with Crippen LogP contribution in [0.1, 0.15) is 12.5 Å². The summed E-state index contributed by atoms with van der Waals surface area (Å²) in [7, 11) is 4.15. The Balaban J connectivity index is 1.94. The van der Waals surface area contributed by atoms with E-state index < -0.39 is 0 Å². The number of rotatable bonds is 3. The molecule has 1 aliphatic rings. The molecule has 0 aliphatic carbocycles. The van der Waals surface area contributed by atoms with Crippen molar-refractivity contribution in [1.82, 2.24) is 10.2 Å². The van der Waals surface area contributed by atoms with Crippen molar-refractivity contribution in [1.29, 1.82) is 0 Å². The number of piperazine rings is 1. The third-order valence-electron chi connectivity index (χ3n) is 3.31. The summed E-state index contributed by atoms with van der Waals surface area (Å²) in [6, 6.07) is 9.48. The van der Waals surface area contributed by atoms with Crippen LogP contribution in [0, 0.1) is 0 Å². The molecule has 1 N–H and O–H groups in total. The van der Waals surface area contributed by atoms with E-state index >= 15 is 0 Å². The molecule has 3 nitrogen and oxygen atoms in total. The Bertz CT molecular complexity index is 345. The number of nitrogens with zero attached hydrogens (tertiary/aromatic N) is 2. The first-order valence-corrected chi connectivity index (χ1v) is 6.37. The zero-order valence-electron chi connectivity index (χ0n) is 11.1. The van der Waals surface area contributed by atoms with Crippen molar-refractivity contribution in [3.05, 3.63) is 29.8 Å². The maximum atomic E-state index is 3.47. The number of hydrogen-bond acceptors (Lipinski definition) is 3. The third-order valence-corrected chi connectivity index (χ3v) is 3.31. The Hall–Kier alpha value is -1.06. The highest BCUT2D eigenvalue weighted by Gasteiger charge is 2.15. The molecule has 1 fully saturated rings. The van der Waals surface area contributed by atoms with Crippen molar-refractivity contribution in [2.24, 2.45) is 0 Å². The highest BCUT2D eigenvalue weighted by molar-refractivity contribution is 5.45. The molecule has 1 aliphatic heterocycles. The molecule has 0 amide bonds. The molecule has 1 unspecified atom stereocenters. The first kappa shape index (κ1) is 12.4. The van der Waals surface area contributed by atoms with E-state index in [-0.39, 0.29) is 0 Å². The van der Waals surface area contributed by atoms with Crippen LogP contribution in [0.4, 0.5) is 5.69 Å². The van der Waals surface area contributed by atoms with Gasteiger partial charge in [-0.2, -0.15) is 0 Å². The Labute approximate surface area is 104 Å². The van der Waals surface area contributed by atoms with Crippen molar-refractivity contribution >= 4 is 5.69 Å². The molecule has 1 atom stereocenters. The first-order chi connectivity index (χ1) is 8.15. The normalized spacial score (nSPS) is 21.5. The molecule has 0 aromatic heterocycles. The summed E-state index contributed by atoms with van der Waals surface area (Å²) >= 11 is 0. The van der Waals surface area contributed by atoms with Crippen LogP contribution in [0.5, 0.6) is 0 Å². The van der Waals surface area contributed by atoms with Gasteiger partial charge in [0, 0.05) is 52.0 Å². The third kappa shape index (κ3) is 3.45. The highest BCUT2D eigenvalue weighted by Crippen LogP contribution is 2.14. The maximum absolute atomic E-state index is 3.47. The van der Waals surface area contributed by atoms with E-state index in [1.165, 1.54) is 11.3 Å². The van der Waals surface area contributed by atoms with Gasteiger partial charge in [-0.15, -0.1) is 0 Å². The van der Waals surface area contributed by atoms with Gasteiger partial charge < -0.3 is 10.2 Å². The lowest BCUT2D eigenvalue weighted by Gasteiger charge is -2.31. The van der Waals surface area contributed by atoms with Gasteiger partial charge in [-0.1, -0.05) is 12.1 Å². The van der Waals surface area contributed by atoms with Crippen molar-refractivity contribution in [3.8, 4) is 0 Å². The Morgan fingerprint density at radius 3 is 2.59 bits per heavy atom. The van der Waals surface area contributed by atoms with Gasteiger partial charge in [0.2, 0.25) is 0 Å². The zero-order valence-corrected chi connectivity index (χ0v) is 11.1. The molecular weight excluding hydrogens is 210 g/mol. The second-order valence-corrected chi connectivity index (χ2v) is 5.15. The second-order valence-electron chi connectivity index (χ2n) is 5.15. The largest absolute Gasteiger partial charge is 0.378 e. The molecule has 0 radical (unpaired) electrons. The van der Waals surface area contributed by atoms with Gasteiger partial charge in [0.15, 0.2) is 0 Å². The van der Waals surface area contributed by atoms with Crippen LogP contribution >= 0.6 is 0 Å². The van der Waals surface area contributed by atoms with Crippen LogP contribution in [-0.4, -0.2) is 44.7 Å². The number of benzene rings is 1. The molecular formula is C14H23N3. The summed E-state index contributed by atoms with van der Waals surface area (Å²) in [6.07, 6.45) is 0. The minimum Gasteiger partial charge on any atom is -0.378 e. The van der Waals surface area contributed by atoms with Crippen molar-refractivity contribution in [3.63, 3.8) is 0 Å². The second kappa shape index (κ2) is 5.52. The summed E-state index contributed by atoms with van der Waals surface area (Å²) in [5, 5.41) is 3.47. The summed E-state index contributed by atoms with van der Waals surface area (Å²) in [5.74, 6) is 0. The van der Waals surface area contributed by atoms with E-state index in [0.29, 0.717) is 6.04 Å². The SMILES string of the molecule is CC1CN(Cc2ccc(N(C)C)cc2)CCN1. The maximum Gasteiger partial charge on any atom is 0.0361 e. The molecule has 17 heavy (non-hydrogen) atoms. The van der Waals surface area contributed by atoms with E-state index in [9.17, 15) is 0 Å². The van der Waals surface area contributed by atoms with E-state index in [4.69, 9.17) is 0 Å². The predicted molar refractivity (Wildman–Crippen MR) is 73.5 cm³/mol. The zero-order chi connectivity index (χ0) is 12.3. The topological polar surface area (TPSA) is 18.5 Å². The van der Waals surface area contributed by atoms with E-state index in [2.05, 4.69) is 60.4 Å². The molecule has 1 heterocycles. The van der Waals surface area contributed by atoms with Crippen molar-refractivity contribution < 1.29 is 0 Å². The molecule has 1 aromatic carbocycles. The molecule has 0 spiro atoms. The quantitative estimate of drug-likeness (QED) is 0.854. The van der Waals surface area contributed by atoms with Gasteiger partial charge in [0.05, 0.1) is 0 Å². The van der Waals surface area contributed by atoms with Crippen LogP contribution < -0.4 is 10.2 Å². The predicted octanol–water partition coefficient (Wildman–Crippen LogP) is 1.55. The summed E-state index contributed by atoms with van der Waals surface area (Å²) < 4.78 is 0. The number of anilines is 1. The Morgan fingerprint density at radius 1 is 1.29 bits per heavy atom. The fourth-order valence-electron chi connectivity index (χ4n) is 2.31. The van der Waals surface area contributed by atoms with Crippen LogP contribution in [-0.2, 0) is 6.54 Å². The molecule has 2 rings (SSSR count). The average Bonchev–Trinajstić information content (AvgIpc) is 2.29. The summed E-state index contributed by atoms with van der Waals surface area (Å²) in [5.41, 5.74) is 2.67.